The predicted molar refractivity (Wildman–Crippen MR) is 81.2 cm³/mol. The van der Waals surface area contributed by atoms with Crippen molar-refractivity contribution in [2.45, 2.75) is 6.10 Å². The van der Waals surface area contributed by atoms with Gasteiger partial charge in [-0.15, -0.1) is 0 Å². The molecule has 0 amide bonds. The van der Waals surface area contributed by atoms with E-state index in [0.29, 0.717) is 17.1 Å². The predicted octanol–water partition coefficient (Wildman–Crippen LogP) is 2.29. The van der Waals surface area contributed by atoms with Crippen LogP contribution in [0.25, 0.3) is 0 Å². The van der Waals surface area contributed by atoms with Gasteiger partial charge in [-0.05, 0) is 36.4 Å². The lowest BCUT2D eigenvalue weighted by Gasteiger charge is -2.13. The molecule has 0 fully saturated rings. The maximum atomic E-state index is 11.8. The Morgan fingerprint density at radius 3 is 2.32 bits per heavy atom. The molecule has 0 aliphatic heterocycles. The molecular weight excluding hydrogens is 284 g/mol. The number of hydrogen-bond acceptors (Lipinski definition) is 5. The van der Waals surface area contributed by atoms with Crippen LogP contribution in [0.4, 0.5) is 0 Å². The van der Waals surface area contributed by atoms with Crippen molar-refractivity contribution in [1.29, 1.82) is 0 Å². The first-order valence-corrected chi connectivity index (χ1v) is 6.86. The second-order valence-corrected chi connectivity index (χ2v) is 4.60. The van der Waals surface area contributed by atoms with Crippen LogP contribution in [0.15, 0.2) is 54.6 Å². The van der Waals surface area contributed by atoms with E-state index in [9.17, 15) is 9.90 Å². The molecule has 5 heteroatoms. The number of hydrogen-bond donors (Lipinski definition) is 1. The van der Waals surface area contributed by atoms with E-state index in [-0.39, 0.29) is 13.2 Å². The molecule has 1 unspecified atom stereocenters. The average Bonchev–Trinajstić information content (AvgIpc) is 2.58. The molecule has 0 radical (unpaired) electrons. The Labute approximate surface area is 129 Å². The third-order valence-electron chi connectivity index (χ3n) is 2.92. The van der Waals surface area contributed by atoms with Gasteiger partial charge in [0, 0.05) is 0 Å². The first-order chi connectivity index (χ1) is 10.7. The number of para-hydroxylation sites is 1. The first kappa shape index (κ1) is 15.9. The Morgan fingerprint density at radius 2 is 1.68 bits per heavy atom. The minimum absolute atomic E-state index is 0.0555. The van der Waals surface area contributed by atoms with Gasteiger partial charge < -0.3 is 19.3 Å². The summed E-state index contributed by atoms with van der Waals surface area (Å²) in [6, 6.07) is 15.7. The molecule has 22 heavy (non-hydrogen) atoms. The van der Waals surface area contributed by atoms with Crippen LogP contribution in [0.2, 0.25) is 0 Å². The van der Waals surface area contributed by atoms with E-state index in [1.807, 2.05) is 18.2 Å². The van der Waals surface area contributed by atoms with Crippen LogP contribution in [0.3, 0.4) is 0 Å². The van der Waals surface area contributed by atoms with Crippen LogP contribution in [0, 0.1) is 0 Å². The minimum atomic E-state index is -0.887. The largest absolute Gasteiger partial charge is 0.497 e. The lowest BCUT2D eigenvalue weighted by molar-refractivity contribution is 0.0130. The standard InChI is InChI=1S/C17H18O5/c1-20-15-9-7-13(8-10-15)17(19)22-12-14(18)11-21-16-5-3-2-4-6-16/h2-10,14,18H,11-12H2,1H3. The highest BCUT2D eigenvalue weighted by Crippen LogP contribution is 2.12. The van der Waals surface area contributed by atoms with E-state index >= 15 is 0 Å². The van der Waals surface area contributed by atoms with Crippen LogP contribution in [0.1, 0.15) is 10.4 Å². The Bertz CT molecular complexity index is 580. The molecule has 2 aromatic carbocycles. The summed E-state index contributed by atoms with van der Waals surface area (Å²) in [6.07, 6.45) is -0.887. The third kappa shape index (κ3) is 4.79. The van der Waals surface area contributed by atoms with E-state index in [4.69, 9.17) is 14.2 Å². The van der Waals surface area contributed by atoms with Crippen molar-refractivity contribution in [1.82, 2.24) is 0 Å². The van der Waals surface area contributed by atoms with Crippen LogP contribution in [0.5, 0.6) is 11.5 Å². The van der Waals surface area contributed by atoms with E-state index in [1.165, 1.54) is 0 Å². The van der Waals surface area contributed by atoms with Crippen LogP contribution >= 0.6 is 0 Å². The molecule has 0 aliphatic rings. The molecule has 0 aromatic heterocycles. The summed E-state index contributed by atoms with van der Waals surface area (Å²) in [7, 11) is 1.55. The zero-order chi connectivity index (χ0) is 15.8. The molecule has 2 rings (SSSR count). The fourth-order valence-corrected chi connectivity index (χ4v) is 1.74. The summed E-state index contributed by atoms with van der Waals surface area (Å²) in [5.41, 5.74) is 0.400. The van der Waals surface area contributed by atoms with Crippen molar-refractivity contribution < 1.29 is 24.1 Å². The highest BCUT2D eigenvalue weighted by molar-refractivity contribution is 5.89. The fourth-order valence-electron chi connectivity index (χ4n) is 1.74. The summed E-state index contributed by atoms with van der Waals surface area (Å²) in [6.45, 7) is -0.0718. The highest BCUT2D eigenvalue weighted by Gasteiger charge is 2.11. The lowest BCUT2D eigenvalue weighted by Crippen LogP contribution is -2.25. The van der Waals surface area contributed by atoms with Gasteiger partial charge in [0.2, 0.25) is 0 Å². The van der Waals surface area contributed by atoms with Crippen LogP contribution in [-0.2, 0) is 4.74 Å². The number of carbonyl (C=O) groups is 1. The SMILES string of the molecule is COc1ccc(C(=O)OCC(O)COc2ccccc2)cc1. The fraction of sp³-hybridized carbons (Fsp3) is 0.235. The molecule has 0 aliphatic carbocycles. The Hall–Kier alpha value is -2.53. The quantitative estimate of drug-likeness (QED) is 0.795. The summed E-state index contributed by atoms with van der Waals surface area (Å²) in [5, 5.41) is 9.77. The number of rotatable bonds is 7. The molecule has 0 bridgehead atoms. The van der Waals surface area contributed by atoms with Crippen molar-refractivity contribution in [3.8, 4) is 11.5 Å². The monoisotopic (exact) mass is 302 g/mol. The smallest absolute Gasteiger partial charge is 0.338 e. The number of benzene rings is 2. The topological polar surface area (TPSA) is 65.0 Å². The van der Waals surface area contributed by atoms with Gasteiger partial charge in [0.25, 0.3) is 0 Å². The number of esters is 1. The van der Waals surface area contributed by atoms with Crippen molar-refractivity contribution in [3.63, 3.8) is 0 Å². The van der Waals surface area contributed by atoms with Gasteiger partial charge in [0.05, 0.1) is 12.7 Å². The number of aliphatic hydroxyl groups excluding tert-OH is 1. The van der Waals surface area contributed by atoms with Gasteiger partial charge in [-0.3, -0.25) is 0 Å². The van der Waals surface area contributed by atoms with Crippen molar-refractivity contribution >= 4 is 5.97 Å². The third-order valence-corrected chi connectivity index (χ3v) is 2.92. The van der Waals surface area contributed by atoms with Crippen LogP contribution in [-0.4, -0.2) is 37.5 Å². The Balaban J connectivity index is 1.75. The number of carbonyl (C=O) groups excluding carboxylic acids is 1. The summed E-state index contributed by atoms with van der Waals surface area (Å²) >= 11 is 0. The second kappa shape index (κ2) is 8.05. The molecule has 1 atom stereocenters. The Morgan fingerprint density at radius 1 is 1.00 bits per heavy atom. The molecule has 116 valence electrons. The van der Waals surface area contributed by atoms with Crippen molar-refractivity contribution in [2.75, 3.05) is 20.3 Å². The average molecular weight is 302 g/mol. The van der Waals surface area contributed by atoms with Gasteiger partial charge in [0.1, 0.15) is 30.8 Å². The number of aliphatic hydroxyl groups is 1. The summed E-state index contributed by atoms with van der Waals surface area (Å²) in [5.74, 6) is 0.817. The van der Waals surface area contributed by atoms with Crippen LogP contribution < -0.4 is 9.47 Å². The second-order valence-electron chi connectivity index (χ2n) is 4.60. The van der Waals surface area contributed by atoms with E-state index < -0.39 is 12.1 Å². The molecular formula is C17H18O5. The Kier molecular flexibility index (Phi) is 5.80. The van der Waals surface area contributed by atoms with E-state index in [1.54, 1.807) is 43.5 Å². The first-order valence-electron chi connectivity index (χ1n) is 6.86. The number of methoxy groups -OCH3 is 1. The van der Waals surface area contributed by atoms with Gasteiger partial charge in [-0.2, -0.15) is 0 Å². The van der Waals surface area contributed by atoms with Gasteiger partial charge in [0.15, 0.2) is 0 Å². The normalized spacial score (nSPS) is 11.5. The summed E-state index contributed by atoms with van der Waals surface area (Å²) < 4.78 is 15.4. The molecule has 1 N–H and O–H groups in total. The molecule has 0 heterocycles. The molecule has 5 nitrogen and oxygen atoms in total. The highest BCUT2D eigenvalue weighted by atomic mass is 16.5. The molecule has 0 spiro atoms. The number of ether oxygens (including phenoxy) is 3. The van der Waals surface area contributed by atoms with E-state index in [2.05, 4.69) is 0 Å². The van der Waals surface area contributed by atoms with Crippen molar-refractivity contribution in [3.05, 3.63) is 60.2 Å². The zero-order valence-corrected chi connectivity index (χ0v) is 12.3. The van der Waals surface area contributed by atoms with Gasteiger partial charge in [-0.1, -0.05) is 18.2 Å². The molecule has 2 aromatic rings. The van der Waals surface area contributed by atoms with Crippen molar-refractivity contribution in [2.24, 2.45) is 0 Å². The maximum Gasteiger partial charge on any atom is 0.338 e. The van der Waals surface area contributed by atoms with E-state index in [0.717, 1.165) is 0 Å². The minimum Gasteiger partial charge on any atom is -0.497 e. The van der Waals surface area contributed by atoms with Gasteiger partial charge in [-0.25, -0.2) is 4.79 Å². The zero-order valence-electron chi connectivity index (χ0n) is 12.3. The maximum absolute atomic E-state index is 11.8. The lowest BCUT2D eigenvalue weighted by atomic mass is 10.2. The molecule has 0 saturated carbocycles. The summed E-state index contributed by atoms with van der Waals surface area (Å²) in [4.78, 5) is 11.8. The van der Waals surface area contributed by atoms with Gasteiger partial charge >= 0.3 is 5.97 Å². The molecule has 0 saturated heterocycles.